The Labute approximate surface area is 185 Å². The van der Waals surface area contributed by atoms with Crippen molar-refractivity contribution in [3.63, 3.8) is 0 Å². The van der Waals surface area contributed by atoms with Crippen LogP contribution in [0.2, 0.25) is 0 Å². The summed E-state index contributed by atoms with van der Waals surface area (Å²) in [7, 11) is 0. The molecule has 8 heteroatoms. The molecule has 0 saturated heterocycles. The smallest absolute Gasteiger partial charge is 0.399 e. The highest BCUT2D eigenvalue weighted by atomic mass is 19.4. The van der Waals surface area contributed by atoms with Crippen molar-refractivity contribution in [3.8, 4) is 5.75 Å². The highest BCUT2D eigenvalue weighted by Crippen LogP contribution is 2.42. The first-order chi connectivity index (χ1) is 15.1. The molecule has 0 heterocycles. The van der Waals surface area contributed by atoms with E-state index in [0.29, 0.717) is 5.92 Å². The molecule has 2 fully saturated rings. The Morgan fingerprint density at radius 1 is 0.781 bits per heavy atom. The Morgan fingerprint density at radius 3 is 1.59 bits per heavy atom. The molecule has 3 rings (SSSR count). The van der Waals surface area contributed by atoms with Gasteiger partial charge in [0.05, 0.1) is 6.67 Å². The van der Waals surface area contributed by atoms with E-state index < -0.39 is 29.6 Å². The molecule has 184 valence electrons. The largest absolute Gasteiger partial charge is 0.573 e. The fourth-order valence-electron chi connectivity index (χ4n) is 5.20. The minimum absolute atomic E-state index is 0.0875. The van der Waals surface area contributed by atoms with E-state index >= 15 is 0 Å². The third-order valence-electron chi connectivity index (χ3n) is 6.84. The summed E-state index contributed by atoms with van der Waals surface area (Å²) in [6.07, 6.45) is 9.79. The van der Waals surface area contributed by atoms with Crippen LogP contribution in [0.15, 0.2) is 12.1 Å². The van der Waals surface area contributed by atoms with Crippen LogP contribution < -0.4 is 4.74 Å². The van der Waals surface area contributed by atoms with Gasteiger partial charge in [0.25, 0.3) is 0 Å². The average Bonchev–Trinajstić information content (AvgIpc) is 2.72. The molecule has 0 spiro atoms. The molecule has 0 bridgehead atoms. The molecule has 0 amide bonds. The fraction of sp³-hybridized carbons (Fsp3) is 0.750. The van der Waals surface area contributed by atoms with Gasteiger partial charge in [0.1, 0.15) is 5.82 Å². The van der Waals surface area contributed by atoms with Gasteiger partial charge in [0.2, 0.25) is 5.75 Å². The summed E-state index contributed by atoms with van der Waals surface area (Å²) in [5.41, 5.74) is 0. The van der Waals surface area contributed by atoms with E-state index in [1.54, 1.807) is 0 Å². The van der Waals surface area contributed by atoms with Crippen molar-refractivity contribution in [2.45, 2.75) is 83.9 Å². The van der Waals surface area contributed by atoms with Crippen LogP contribution >= 0.6 is 0 Å². The number of hydrogen-bond donors (Lipinski definition) is 0. The van der Waals surface area contributed by atoms with Crippen molar-refractivity contribution in [3.05, 3.63) is 29.6 Å². The highest BCUT2D eigenvalue weighted by Gasteiger charge is 2.34. The number of alkyl halides is 4. The van der Waals surface area contributed by atoms with Crippen LogP contribution in [-0.4, -0.2) is 13.0 Å². The molecule has 2 aliphatic carbocycles. The predicted octanol–water partition coefficient (Wildman–Crippen LogP) is 8.76. The molecule has 0 unspecified atom stereocenters. The number of ether oxygens (including phenoxy) is 1. The summed E-state index contributed by atoms with van der Waals surface area (Å²) in [6.45, 7) is 2.22. The molecule has 2 saturated carbocycles. The molecule has 1 aromatic carbocycles. The lowest BCUT2D eigenvalue weighted by Gasteiger charge is -2.37. The van der Waals surface area contributed by atoms with E-state index in [1.165, 1.54) is 64.2 Å². The first-order valence-electron chi connectivity index (χ1n) is 11.6. The average molecular weight is 471 g/mol. The van der Waals surface area contributed by atoms with Crippen LogP contribution in [0.3, 0.4) is 0 Å². The summed E-state index contributed by atoms with van der Waals surface area (Å²) in [4.78, 5) is 0. The summed E-state index contributed by atoms with van der Waals surface area (Å²) >= 11 is 0. The predicted molar refractivity (Wildman–Crippen MR) is 109 cm³/mol. The van der Waals surface area contributed by atoms with Gasteiger partial charge in [-0.2, -0.15) is 0 Å². The van der Waals surface area contributed by atoms with Gasteiger partial charge in [-0.15, -0.1) is 13.2 Å². The second-order valence-electron chi connectivity index (χ2n) is 9.07. The summed E-state index contributed by atoms with van der Waals surface area (Å²) in [5.74, 6) is -2.74. The molecular weight excluding hydrogens is 437 g/mol. The molecule has 32 heavy (non-hydrogen) atoms. The Bertz CT molecular complexity index is 628. The van der Waals surface area contributed by atoms with E-state index in [-0.39, 0.29) is 18.8 Å². The van der Waals surface area contributed by atoms with E-state index in [9.17, 15) is 30.7 Å². The molecule has 2 aliphatic rings. The minimum atomic E-state index is -5.22. The number of benzene rings is 1. The minimum Gasteiger partial charge on any atom is -0.399 e. The zero-order valence-electron chi connectivity index (χ0n) is 18.5. The van der Waals surface area contributed by atoms with Crippen LogP contribution in [0.4, 0.5) is 30.7 Å². The maximum Gasteiger partial charge on any atom is 0.573 e. The lowest BCUT2D eigenvalue weighted by atomic mass is 9.68. The zero-order valence-corrected chi connectivity index (χ0v) is 18.5. The van der Waals surface area contributed by atoms with Crippen LogP contribution in [0.25, 0.3) is 0 Å². The number of halogens is 7. The zero-order chi connectivity index (χ0) is 23.7. The summed E-state index contributed by atoms with van der Waals surface area (Å²) < 4.78 is 87.3. The standard InChI is InChI=1S/C17H31F.C7H2F6O/c1-2-3-14-4-8-16(9-5-14)17-10-6-15(7-11-17)12-13-18;8-3-1-4(9)6(5(10)2-3)14-7(11,12)13/h14-17H,2-13H2,1H3;1-2H. The molecule has 0 aliphatic heterocycles. The maximum atomic E-state index is 12.5. The molecule has 0 atom stereocenters. The van der Waals surface area contributed by atoms with Gasteiger partial charge < -0.3 is 4.74 Å². The van der Waals surface area contributed by atoms with E-state index in [1.807, 2.05) is 0 Å². The van der Waals surface area contributed by atoms with Crippen molar-refractivity contribution in [1.82, 2.24) is 0 Å². The van der Waals surface area contributed by atoms with Gasteiger partial charge >= 0.3 is 6.36 Å². The van der Waals surface area contributed by atoms with Crippen molar-refractivity contribution in [2.75, 3.05) is 6.67 Å². The van der Waals surface area contributed by atoms with Crippen LogP contribution in [-0.2, 0) is 0 Å². The molecule has 0 N–H and O–H groups in total. The maximum absolute atomic E-state index is 12.5. The van der Waals surface area contributed by atoms with E-state index in [2.05, 4.69) is 11.7 Å². The van der Waals surface area contributed by atoms with Gasteiger partial charge in [-0.3, -0.25) is 4.39 Å². The lowest BCUT2D eigenvalue weighted by Crippen LogP contribution is -2.26. The molecule has 0 radical (unpaired) electrons. The summed E-state index contributed by atoms with van der Waals surface area (Å²) in [6, 6.07) is 0.175. The van der Waals surface area contributed by atoms with Crippen molar-refractivity contribution >= 4 is 0 Å². The quantitative estimate of drug-likeness (QED) is 0.378. The first-order valence-corrected chi connectivity index (χ1v) is 11.6. The fourth-order valence-corrected chi connectivity index (χ4v) is 5.20. The molecular formula is C24H33F7O. The van der Waals surface area contributed by atoms with Crippen LogP contribution in [0.5, 0.6) is 5.75 Å². The normalized spacial score (nSPS) is 26.2. The van der Waals surface area contributed by atoms with Gasteiger partial charge in [0.15, 0.2) is 11.6 Å². The third kappa shape index (κ3) is 8.81. The van der Waals surface area contributed by atoms with Gasteiger partial charge in [-0.1, -0.05) is 45.4 Å². The Morgan fingerprint density at radius 2 is 1.22 bits per heavy atom. The number of hydrogen-bond acceptors (Lipinski definition) is 1. The molecule has 1 aromatic rings. The van der Waals surface area contributed by atoms with Gasteiger partial charge in [-0.25, -0.2) is 13.2 Å². The Kier molecular flexibility index (Phi) is 10.6. The topological polar surface area (TPSA) is 9.23 Å². The highest BCUT2D eigenvalue weighted by molar-refractivity contribution is 5.27. The van der Waals surface area contributed by atoms with Crippen molar-refractivity contribution in [1.29, 1.82) is 0 Å². The lowest BCUT2D eigenvalue weighted by molar-refractivity contribution is -0.276. The monoisotopic (exact) mass is 470 g/mol. The van der Waals surface area contributed by atoms with E-state index in [4.69, 9.17) is 0 Å². The second-order valence-corrected chi connectivity index (χ2v) is 9.07. The molecule has 0 aromatic heterocycles. The second kappa shape index (κ2) is 12.7. The van der Waals surface area contributed by atoms with Crippen molar-refractivity contribution in [2.24, 2.45) is 23.7 Å². The van der Waals surface area contributed by atoms with Gasteiger partial charge in [0, 0.05) is 12.1 Å². The SMILES string of the molecule is CCCC1CCC(C2CCC(CCF)CC2)CC1.Fc1cc(F)c(OC(F)(F)F)c(F)c1. The van der Waals surface area contributed by atoms with Crippen LogP contribution in [0.1, 0.15) is 77.6 Å². The Balaban J connectivity index is 0.000000235. The van der Waals surface area contributed by atoms with Crippen LogP contribution in [0, 0.1) is 41.1 Å². The number of rotatable bonds is 6. The van der Waals surface area contributed by atoms with Gasteiger partial charge in [-0.05, 0) is 55.8 Å². The van der Waals surface area contributed by atoms with Crippen molar-refractivity contribution < 1.29 is 35.5 Å². The first kappa shape index (κ1) is 26.8. The molecule has 1 nitrogen and oxygen atoms in total. The Hall–Kier alpha value is -1.47. The third-order valence-corrected chi connectivity index (χ3v) is 6.84. The summed E-state index contributed by atoms with van der Waals surface area (Å²) in [5, 5.41) is 0. The van der Waals surface area contributed by atoms with E-state index in [0.717, 1.165) is 24.2 Å².